The van der Waals surface area contributed by atoms with Gasteiger partial charge in [-0.2, -0.15) is 5.10 Å². The van der Waals surface area contributed by atoms with Crippen molar-refractivity contribution in [3.63, 3.8) is 0 Å². The molecule has 0 bridgehead atoms. The third-order valence-corrected chi connectivity index (χ3v) is 6.45. The van der Waals surface area contributed by atoms with Gasteiger partial charge in [-0.3, -0.25) is 0 Å². The van der Waals surface area contributed by atoms with Crippen molar-refractivity contribution in [3.05, 3.63) is 63.3 Å². The minimum atomic E-state index is -0.211. The van der Waals surface area contributed by atoms with Gasteiger partial charge in [-0.1, -0.05) is 13.5 Å². The van der Waals surface area contributed by atoms with E-state index in [1.54, 1.807) is 19.1 Å². The quantitative estimate of drug-likeness (QED) is 0.627. The second-order valence-electron chi connectivity index (χ2n) is 7.48. The van der Waals surface area contributed by atoms with Gasteiger partial charge in [-0.05, 0) is 37.6 Å². The van der Waals surface area contributed by atoms with Crippen LogP contribution in [0.15, 0.2) is 30.5 Å². The Hall–Kier alpha value is -2.54. The number of benzene rings is 1. The molecule has 0 unspecified atom stereocenters. The summed E-state index contributed by atoms with van der Waals surface area (Å²) >= 11 is 1.81. The molecule has 1 aliphatic heterocycles. The van der Waals surface area contributed by atoms with Crippen LogP contribution < -0.4 is 0 Å². The van der Waals surface area contributed by atoms with E-state index in [1.807, 2.05) is 16.0 Å². The molecule has 1 aliphatic rings. The zero-order valence-corrected chi connectivity index (χ0v) is 18.0. The van der Waals surface area contributed by atoms with Gasteiger partial charge in [0.25, 0.3) is 0 Å². The van der Waals surface area contributed by atoms with E-state index in [0.29, 0.717) is 17.9 Å². The Morgan fingerprint density at radius 2 is 2.00 bits per heavy atom. The monoisotopic (exact) mass is 411 g/mol. The summed E-state index contributed by atoms with van der Waals surface area (Å²) in [6.07, 6.45) is 2.75. The van der Waals surface area contributed by atoms with E-state index < -0.39 is 0 Å². The van der Waals surface area contributed by atoms with Gasteiger partial charge in [-0.25, -0.2) is 19.0 Å². The highest BCUT2D eigenvalue weighted by molar-refractivity contribution is 7.11. The van der Waals surface area contributed by atoms with E-state index in [-0.39, 0.29) is 5.82 Å². The SMILES string of the molecule is C=C(Cn1nc(-c2ccc(F)c(C)c2)nc1CC)N1CCc2nc(C)sc2CC1. The third kappa shape index (κ3) is 4.10. The maximum atomic E-state index is 13.6. The van der Waals surface area contributed by atoms with Crippen LogP contribution in [0.4, 0.5) is 4.39 Å². The van der Waals surface area contributed by atoms with Gasteiger partial charge < -0.3 is 4.90 Å². The first-order valence-corrected chi connectivity index (χ1v) is 10.8. The molecule has 2 aromatic heterocycles. The lowest BCUT2D eigenvalue weighted by molar-refractivity contribution is 0.337. The maximum absolute atomic E-state index is 13.6. The van der Waals surface area contributed by atoms with Crippen molar-refractivity contribution >= 4 is 11.3 Å². The topological polar surface area (TPSA) is 46.8 Å². The van der Waals surface area contributed by atoms with Crippen molar-refractivity contribution in [2.24, 2.45) is 0 Å². The summed E-state index contributed by atoms with van der Waals surface area (Å²) in [5.41, 5.74) is 3.72. The van der Waals surface area contributed by atoms with Crippen molar-refractivity contribution in [1.29, 1.82) is 0 Å². The standard InChI is InChI=1S/C22H26FN5S/c1-5-21-25-22(17-6-7-18(23)14(2)12-17)26-28(21)13-15(3)27-10-8-19-20(9-11-27)29-16(4)24-19/h6-7,12H,3,5,8-11,13H2,1-2,4H3. The largest absolute Gasteiger partial charge is 0.373 e. The molecular weight excluding hydrogens is 385 g/mol. The molecule has 0 atom stereocenters. The molecule has 29 heavy (non-hydrogen) atoms. The lowest BCUT2D eigenvalue weighted by Gasteiger charge is -2.25. The number of nitrogens with zero attached hydrogens (tertiary/aromatic N) is 5. The van der Waals surface area contributed by atoms with Crippen LogP contribution in [0.2, 0.25) is 0 Å². The minimum absolute atomic E-state index is 0.211. The molecule has 0 N–H and O–H groups in total. The molecule has 0 saturated heterocycles. The van der Waals surface area contributed by atoms with Crippen LogP contribution in [0.5, 0.6) is 0 Å². The Bertz CT molecular complexity index is 1030. The van der Waals surface area contributed by atoms with Crippen LogP contribution in [0, 0.1) is 19.7 Å². The number of aromatic nitrogens is 4. The van der Waals surface area contributed by atoms with E-state index >= 15 is 0 Å². The van der Waals surface area contributed by atoms with E-state index in [2.05, 4.69) is 35.3 Å². The second-order valence-corrected chi connectivity index (χ2v) is 8.77. The fraction of sp³-hybridized carbons (Fsp3) is 0.409. The molecule has 3 aromatic rings. The van der Waals surface area contributed by atoms with Crippen LogP contribution in [-0.2, 0) is 25.8 Å². The molecule has 5 nitrogen and oxygen atoms in total. The number of allylic oxidation sites excluding steroid dienone is 1. The van der Waals surface area contributed by atoms with Crippen LogP contribution in [0.25, 0.3) is 11.4 Å². The molecule has 0 fully saturated rings. The number of hydrogen-bond donors (Lipinski definition) is 0. The zero-order chi connectivity index (χ0) is 20.5. The van der Waals surface area contributed by atoms with Gasteiger partial charge in [0, 0.05) is 48.5 Å². The summed E-state index contributed by atoms with van der Waals surface area (Å²) in [6.45, 7) is 12.7. The summed E-state index contributed by atoms with van der Waals surface area (Å²) in [7, 11) is 0. The lowest BCUT2D eigenvalue weighted by atomic mass is 10.1. The summed E-state index contributed by atoms with van der Waals surface area (Å²) in [5.74, 6) is 1.33. The van der Waals surface area contributed by atoms with E-state index in [4.69, 9.17) is 5.10 Å². The zero-order valence-electron chi connectivity index (χ0n) is 17.2. The first kappa shape index (κ1) is 19.8. The van der Waals surface area contributed by atoms with Gasteiger partial charge in [-0.15, -0.1) is 11.3 Å². The molecule has 0 aliphatic carbocycles. The Morgan fingerprint density at radius 1 is 1.21 bits per heavy atom. The van der Waals surface area contributed by atoms with Crippen molar-refractivity contribution in [2.75, 3.05) is 13.1 Å². The average molecular weight is 412 g/mol. The van der Waals surface area contributed by atoms with Crippen LogP contribution in [0.3, 0.4) is 0 Å². The van der Waals surface area contributed by atoms with Crippen molar-refractivity contribution in [3.8, 4) is 11.4 Å². The van der Waals surface area contributed by atoms with Crippen molar-refractivity contribution in [1.82, 2.24) is 24.6 Å². The molecule has 0 saturated carbocycles. The average Bonchev–Trinajstić information content (AvgIpc) is 3.20. The summed E-state index contributed by atoms with van der Waals surface area (Å²) in [5, 5.41) is 5.86. The fourth-order valence-electron chi connectivity index (χ4n) is 3.75. The Balaban J connectivity index is 1.50. The Kier molecular flexibility index (Phi) is 5.50. The van der Waals surface area contributed by atoms with Gasteiger partial charge in [0.05, 0.1) is 17.2 Å². The Morgan fingerprint density at radius 3 is 2.76 bits per heavy atom. The number of aryl methyl sites for hydroxylation is 3. The highest BCUT2D eigenvalue weighted by Gasteiger charge is 2.20. The molecule has 0 spiro atoms. The molecule has 4 rings (SSSR count). The van der Waals surface area contributed by atoms with Gasteiger partial charge in [0.15, 0.2) is 5.82 Å². The highest BCUT2D eigenvalue weighted by atomic mass is 32.1. The summed E-state index contributed by atoms with van der Waals surface area (Å²) in [4.78, 5) is 13.1. The normalized spacial score (nSPS) is 14.0. The lowest BCUT2D eigenvalue weighted by Crippen LogP contribution is -2.28. The van der Waals surface area contributed by atoms with Crippen molar-refractivity contribution < 1.29 is 4.39 Å². The maximum Gasteiger partial charge on any atom is 0.181 e. The highest BCUT2D eigenvalue weighted by Crippen LogP contribution is 2.24. The van der Waals surface area contributed by atoms with Crippen molar-refractivity contribution in [2.45, 2.75) is 46.6 Å². The molecule has 1 aromatic carbocycles. The minimum Gasteiger partial charge on any atom is -0.373 e. The molecule has 7 heteroatoms. The number of halogens is 1. The van der Waals surface area contributed by atoms with E-state index in [1.165, 1.54) is 16.6 Å². The second kappa shape index (κ2) is 8.06. The summed E-state index contributed by atoms with van der Waals surface area (Å²) < 4.78 is 15.5. The summed E-state index contributed by atoms with van der Waals surface area (Å²) in [6, 6.07) is 5.01. The first-order chi connectivity index (χ1) is 13.9. The molecule has 0 amide bonds. The molecule has 0 radical (unpaired) electrons. The van der Waals surface area contributed by atoms with Crippen LogP contribution in [0.1, 0.15) is 33.9 Å². The predicted octanol–water partition coefficient (Wildman–Crippen LogP) is 4.33. The fourth-order valence-corrected chi connectivity index (χ4v) is 4.72. The predicted molar refractivity (Wildman–Crippen MR) is 115 cm³/mol. The number of fused-ring (bicyclic) bond motifs is 1. The molecular formula is C22H26FN5S. The number of hydrogen-bond acceptors (Lipinski definition) is 5. The first-order valence-electron chi connectivity index (χ1n) is 10.0. The smallest absolute Gasteiger partial charge is 0.181 e. The van der Waals surface area contributed by atoms with Gasteiger partial charge in [0.1, 0.15) is 11.6 Å². The number of rotatable bonds is 5. The van der Waals surface area contributed by atoms with Crippen LogP contribution in [-0.4, -0.2) is 37.7 Å². The molecule has 3 heterocycles. The van der Waals surface area contributed by atoms with Gasteiger partial charge >= 0.3 is 0 Å². The Labute approximate surface area is 174 Å². The van der Waals surface area contributed by atoms with E-state index in [9.17, 15) is 4.39 Å². The third-order valence-electron chi connectivity index (χ3n) is 5.37. The van der Waals surface area contributed by atoms with Gasteiger partial charge in [0.2, 0.25) is 0 Å². The van der Waals surface area contributed by atoms with Crippen LogP contribution >= 0.6 is 11.3 Å². The molecule has 152 valence electrons. The number of thiazole rings is 1. The van der Waals surface area contributed by atoms with E-state index in [0.717, 1.165) is 54.4 Å².